The van der Waals surface area contributed by atoms with Gasteiger partial charge in [0.2, 0.25) is 5.91 Å². The first-order valence-corrected chi connectivity index (χ1v) is 6.90. The summed E-state index contributed by atoms with van der Waals surface area (Å²) in [6.07, 6.45) is 4.94. The number of hydrogen-bond acceptors (Lipinski definition) is 3. The Labute approximate surface area is 104 Å². The van der Waals surface area contributed by atoms with Crippen LogP contribution in [0, 0.1) is 0 Å². The third kappa shape index (κ3) is 2.63. The van der Waals surface area contributed by atoms with Crippen LogP contribution in [0.1, 0.15) is 39.5 Å². The summed E-state index contributed by atoms with van der Waals surface area (Å²) in [5.41, 5.74) is 0. The maximum Gasteiger partial charge on any atom is 0.240 e. The first kappa shape index (κ1) is 12.8. The molecule has 0 aromatic carbocycles. The van der Waals surface area contributed by atoms with E-state index >= 15 is 0 Å². The number of hydrogen-bond donors (Lipinski definition) is 1. The minimum absolute atomic E-state index is 0.00161. The van der Waals surface area contributed by atoms with Crippen molar-refractivity contribution >= 4 is 5.91 Å². The van der Waals surface area contributed by atoms with Crippen molar-refractivity contribution in [3.63, 3.8) is 0 Å². The van der Waals surface area contributed by atoms with Crippen LogP contribution in [-0.2, 0) is 4.79 Å². The minimum Gasteiger partial charge on any atom is -0.324 e. The standard InChI is InChI=1S/C13H25N3O/c1-4-6-12-14-10(2)13(17)16(12)9-11-7-5-8-15(11)3/h10-12,14H,4-9H2,1-3H3. The molecular formula is C13H25N3O. The lowest BCUT2D eigenvalue weighted by Crippen LogP contribution is -2.45. The van der Waals surface area contributed by atoms with E-state index in [9.17, 15) is 4.79 Å². The lowest BCUT2D eigenvalue weighted by molar-refractivity contribution is -0.130. The molecule has 4 heteroatoms. The van der Waals surface area contributed by atoms with Crippen LogP contribution < -0.4 is 5.32 Å². The topological polar surface area (TPSA) is 35.6 Å². The summed E-state index contributed by atoms with van der Waals surface area (Å²) >= 11 is 0. The van der Waals surface area contributed by atoms with Crippen LogP contribution >= 0.6 is 0 Å². The molecule has 1 amide bonds. The van der Waals surface area contributed by atoms with Crippen LogP contribution in [0.5, 0.6) is 0 Å². The molecule has 3 unspecified atom stereocenters. The van der Waals surface area contributed by atoms with Crippen molar-refractivity contribution in [2.45, 2.75) is 57.8 Å². The summed E-state index contributed by atoms with van der Waals surface area (Å²) in [5.74, 6) is 0.281. The van der Waals surface area contributed by atoms with E-state index in [1.165, 1.54) is 19.4 Å². The first-order valence-electron chi connectivity index (χ1n) is 6.90. The molecule has 2 aliphatic rings. The normalized spacial score (nSPS) is 34.9. The number of likely N-dealkylation sites (tertiary alicyclic amines) is 1. The van der Waals surface area contributed by atoms with Gasteiger partial charge >= 0.3 is 0 Å². The Hall–Kier alpha value is -0.610. The number of nitrogens with zero attached hydrogens (tertiary/aromatic N) is 2. The highest BCUT2D eigenvalue weighted by Crippen LogP contribution is 2.21. The average molecular weight is 239 g/mol. The van der Waals surface area contributed by atoms with Gasteiger partial charge in [-0.3, -0.25) is 10.1 Å². The predicted octanol–water partition coefficient (Wildman–Crippen LogP) is 1.03. The molecular weight excluding hydrogens is 214 g/mol. The molecule has 17 heavy (non-hydrogen) atoms. The Kier molecular flexibility index (Phi) is 4.05. The van der Waals surface area contributed by atoms with Gasteiger partial charge in [-0.05, 0) is 39.8 Å². The largest absolute Gasteiger partial charge is 0.324 e. The van der Waals surface area contributed by atoms with Crippen LogP contribution in [0.25, 0.3) is 0 Å². The fourth-order valence-electron chi connectivity index (χ4n) is 3.02. The lowest BCUT2D eigenvalue weighted by atomic mass is 10.2. The van der Waals surface area contributed by atoms with Gasteiger partial charge in [0.25, 0.3) is 0 Å². The third-order valence-corrected chi connectivity index (χ3v) is 4.11. The van der Waals surface area contributed by atoms with Gasteiger partial charge in [0.1, 0.15) is 0 Å². The molecule has 3 atom stereocenters. The maximum absolute atomic E-state index is 12.1. The van der Waals surface area contributed by atoms with Gasteiger partial charge < -0.3 is 9.80 Å². The van der Waals surface area contributed by atoms with Crippen molar-refractivity contribution in [1.82, 2.24) is 15.1 Å². The van der Waals surface area contributed by atoms with Crippen LogP contribution in [0.3, 0.4) is 0 Å². The molecule has 2 heterocycles. The summed E-state index contributed by atoms with van der Waals surface area (Å²) in [7, 11) is 2.17. The van der Waals surface area contributed by atoms with Crippen LogP contribution in [0.15, 0.2) is 0 Å². The number of carbonyl (C=O) groups excluding carboxylic acids is 1. The molecule has 98 valence electrons. The zero-order chi connectivity index (χ0) is 12.4. The van der Waals surface area contributed by atoms with E-state index < -0.39 is 0 Å². The quantitative estimate of drug-likeness (QED) is 0.796. The predicted molar refractivity (Wildman–Crippen MR) is 68.7 cm³/mol. The van der Waals surface area contributed by atoms with Crippen LogP contribution in [-0.4, -0.2) is 54.1 Å². The van der Waals surface area contributed by atoms with Crippen LogP contribution in [0.4, 0.5) is 0 Å². The Morgan fingerprint density at radius 3 is 2.82 bits per heavy atom. The van der Waals surface area contributed by atoms with E-state index in [1.54, 1.807) is 0 Å². The van der Waals surface area contributed by atoms with Gasteiger partial charge in [-0.1, -0.05) is 13.3 Å². The van der Waals surface area contributed by atoms with Gasteiger partial charge in [0.05, 0.1) is 12.2 Å². The Morgan fingerprint density at radius 1 is 1.47 bits per heavy atom. The van der Waals surface area contributed by atoms with E-state index in [-0.39, 0.29) is 18.1 Å². The van der Waals surface area contributed by atoms with Gasteiger partial charge in [-0.2, -0.15) is 0 Å². The summed E-state index contributed by atoms with van der Waals surface area (Å²) in [5, 5.41) is 3.40. The summed E-state index contributed by atoms with van der Waals surface area (Å²) in [6, 6.07) is 0.559. The average Bonchev–Trinajstić information content (AvgIpc) is 2.80. The zero-order valence-electron chi connectivity index (χ0n) is 11.3. The number of likely N-dealkylation sites (N-methyl/N-ethyl adjacent to an activating group) is 1. The molecule has 0 saturated carbocycles. The van der Waals surface area contributed by atoms with Crippen molar-refractivity contribution in [2.24, 2.45) is 0 Å². The van der Waals surface area contributed by atoms with E-state index in [0.29, 0.717) is 6.04 Å². The van der Waals surface area contributed by atoms with E-state index in [1.807, 2.05) is 6.92 Å². The number of amides is 1. The molecule has 2 aliphatic heterocycles. The van der Waals surface area contributed by atoms with Gasteiger partial charge in [-0.25, -0.2) is 0 Å². The minimum atomic E-state index is -0.00161. The molecule has 2 rings (SSSR count). The molecule has 4 nitrogen and oxygen atoms in total. The fraction of sp³-hybridized carbons (Fsp3) is 0.923. The van der Waals surface area contributed by atoms with E-state index in [0.717, 1.165) is 19.4 Å². The zero-order valence-corrected chi connectivity index (χ0v) is 11.3. The highest BCUT2D eigenvalue weighted by Gasteiger charge is 2.37. The van der Waals surface area contributed by atoms with Crippen molar-refractivity contribution in [2.75, 3.05) is 20.1 Å². The van der Waals surface area contributed by atoms with Gasteiger partial charge in [0.15, 0.2) is 0 Å². The van der Waals surface area contributed by atoms with E-state index in [4.69, 9.17) is 0 Å². The Bertz CT molecular complexity index is 282. The Balaban J connectivity index is 1.98. The lowest BCUT2D eigenvalue weighted by Gasteiger charge is -2.29. The summed E-state index contributed by atoms with van der Waals surface area (Å²) in [6.45, 7) is 6.23. The highest BCUT2D eigenvalue weighted by molar-refractivity contribution is 5.83. The number of rotatable bonds is 4. The summed E-state index contributed by atoms with van der Waals surface area (Å²) in [4.78, 5) is 16.6. The van der Waals surface area contributed by atoms with Crippen molar-refractivity contribution in [3.05, 3.63) is 0 Å². The van der Waals surface area contributed by atoms with Crippen molar-refractivity contribution < 1.29 is 4.79 Å². The third-order valence-electron chi connectivity index (χ3n) is 4.11. The molecule has 2 saturated heterocycles. The van der Waals surface area contributed by atoms with E-state index in [2.05, 4.69) is 29.1 Å². The molecule has 0 spiro atoms. The number of carbonyl (C=O) groups is 1. The SMILES string of the molecule is CCCC1NC(C)C(=O)N1CC1CCCN1C. The number of nitrogens with one attached hydrogen (secondary N) is 1. The molecule has 0 bridgehead atoms. The first-order chi connectivity index (χ1) is 8.13. The molecule has 0 radical (unpaired) electrons. The second kappa shape index (κ2) is 5.36. The summed E-state index contributed by atoms with van der Waals surface area (Å²) < 4.78 is 0. The molecule has 2 fully saturated rings. The maximum atomic E-state index is 12.1. The molecule has 0 aliphatic carbocycles. The fourth-order valence-corrected chi connectivity index (χ4v) is 3.02. The molecule has 1 N–H and O–H groups in total. The molecule has 0 aromatic rings. The van der Waals surface area contributed by atoms with Crippen molar-refractivity contribution in [3.8, 4) is 0 Å². The molecule has 0 aromatic heterocycles. The van der Waals surface area contributed by atoms with Gasteiger partial charge in [0, 0.05) is 12.6 Å². The monoisotopic (exact) mass is 239 g/mol. The second-order valence-electron chi connectivity index (χ2n) is 5.46. The van der Waals surface area contributed by atoms with Crippen LogP contribution in [0.2, 0.25) is 0 Å². The Morgan fingerprint density at radius 2 is 2.24 bits per heavy atom. The van der Waals surface area contributed by atoms with Crippen molar-refractivity contribution in [1.29, 1.82) is 0 Å². The highest BCUT2D eigenvalue weighted by atomic mass is 16.2. The van der Waals surface area contributed by atoms with Gasteiger partial charge in [-0.15, -0.1) is 0 Å². The smallest absolute Gasteiger partial charge is 0.240 e. The second-order valence-corrected chi connectivity index (χ2v) is 5.46.